The van der Waals surface area contributed by atoms with E-state index in [2.05, 4.69) is 0 Å². The summed E-state index contributed by atoms with van der Waals surface area (Å²) in [5.74, 6) is -2.12. The van der Waals surface area contributed by atoms with Crippen molar-refractivity contribution in [2.45, 2.75) is 39.0 Å². The zero-order valence-electron chi connectivity index (χ0n) is 6.53. The Labute approximate surface area is 60.6 Å². The van der Waals surface area contributed by atoms with Gasteiger partial charge in [-0.3, -0.25) is 0 Å². The fourth-order valence-electron chi connectivity index (χ4n) is 1.18. The summed E-state index contributed by atoms with van der Waals surface area (Å²) in [5.41, 5.74) is 0. The van der Waals surface area contributed by atoms with Crippen LogP contribution in [-0.2, 0) is 0 Å². The molecule has 0 aliphatic heterocycles. The minimum absolute atomic E-state index is 0.136. The summed E-state index contributed by atoms with van der Waals surface area (Å²) >= 11 is 0. The topological polar surface area (TPSA) is 0 Å². The van der Waals surface area contributed by atoms with E-state index in [1.807, 2.05) is 13.8 Å². The lowest BCUT2D eigenvalue weighted by atomic mass is 10.0. The molecule has 0 aromatic rings. The number of halogens is 2. The summed E-state index contributed by atoms with van der Waals surface area (Å²) in [5, 5.41) is 0. The molecule has 0 spiro atoms. The number of alkyl halides is 2. The molecule has 10 heavy (non-hydrogen) atoms. The first-order valence-corrected chi connectivity index (χ1v) is 3.94. The fraction of sp³-hybridized carbons (Fsp3) is 1.00. The van der Waals surface area contributed by atoms with Gasteiger partial charge < -0.3 is 0 Å². The van der Waals surface area contributed by atoms with Crippen LogP contribution in [0.25, 0.3) is 0 Å². The van der Waals surface area contributed by atoms with E-state index in [0.29, 0.717) is 12.3 Å². The largest absolute Gasteiger partial charge is 0.251 e. The Kier molecular flexibility index (Phi) is 1.97. The molecule has 0 aromatic carbocycles. The lowest BCUT2D eigenvalue weighted by molar-refractivity contribution is 0.0934. The molecule has 2 unspecified atom stereocenters. The van der Waals surface area contributed by atoms with Gasteiger partial charge in [0.05, 0.1) is 0 Å². The van der Waals surface area contributed by atoms with Crippen molar-refractivity contribution in [2.24, 2.45) is 11.8 Å². The molecule has 60 valence electrons. The number of hydrogen-bond donors (Lipinski definition) is 0. The molecule has 1 aliphatic carbocycles. The van der Waals surface area contributed by atoms with Gasteiger partial charge in [0.1, 0.15) is 0 Å². The molecule has 2 heteroatoms. The van der Waals surface area contributed by atoms with E-state index in [1.165, 1.54) is 0 Å². The molecule has 1 rings (SSSR count). The normalized spacial score (nSPS) is 31.8. The first-order chi connectivity index (χ1) is 4.56. The quantitative estimate of drug-likeness (QED) is 0.577. The molecule has 1 saturated carbocycles. The van der Waals surface area contributed by atoms with Crippen molar-refractivity contribution in [3.8, 4) is 0 Å². The zero-order valence-corrected chi connectivity index (χ0v) is 6.53. The van der Waals surface area contributed by atoms with Crippen molar-refractivity contribution in [2.75, 3.05) is 0 Å². The molecule has 1 fully saturated rings. The van der Waals surface area contributed by atoms with Crippen LogP contribution in [0.5, 0.6) is 0 Å². The van der Waals surface area contributed by atoms with Gasteiger partial charge in [-0.25, -0.2) is 8.78 Å². The van der Waals surface area contributed by atoms with Gasteiger partial charge in [-0.2, -0.15) is 0 Å². The highest BCUT2D eigenvalue weighted by atomic mass is 19.3. The monoisotopic (exact) mass is 148 g/mol. The van der Waals surface area contributed by atoms with Crippen LogP contribution in [0.1, 0.15) is 33.1 Å². The molecule has 1 aliphatic rings. The smallest absolute Gasteiger partial charge is 0.207 e. The Hall–Kier alpha value is -0.140. The zero-order chi connectivity index (χ0) is 7.78. The van der Waals surface area contributed by atoms with Crippen molar-refractivity contribution < 1.29 is 8.78 Å². The van der Waals surface area contributed by atoms with Crippen LogP contribution < -0.4 is 0 Å². The Morgan fingerprint density at radius 2 is 2.10 bits per heavy atom. The van der Waals surface area contributed by atoms with E-state index < -0.39 is 5.92 Å². The van der Waals surface area contributed by atoms with Crippen LogP contribution >= 0.6 is 0 Å². The van der Waals surface area contributed by atoms with Gasteiger partial charge >= 0.3 is 0 Å². The molecule has 0 N–H and O–H groups in total. The lowest BCUT2D eigenvalue weighted by Crippen LogP contribution is -1.99. The molecule has 0 amide bonds. The van der Waals surface area contributed by atoms with Crippen LogP contribution in [0.3, 0.4) is 0 Å². The molecule has 0 nitrogen and oxygen atoms in total. The van der Waals surface area contributed by atoms with Gasteiger partial charge in [0.25, 0.3) is 5.92 Å². The Balaban J connectivity index is 2.17. The SMILES string of the molecule is CCC(C)CC1CC1(F)F. The van der Waals surface area contributed by atoms with Crippen LogP contribution in [-0.4, -0.2) is 5.92 Å². The summed E-state index contributed by atoms with van der Waals surface area (Å²) in [7, 11) is 0. The van der Waals surface area contributed by atoms with Crippen molar-refractivity contribution in [3.63, 3.8) is 0 Å². The van der Waals surface area contributed by atoms with Gasteiger partial charge in [-0.15, -0.1) is 0 Å². The third-order valence-electron chi connectivity index (χ3n) is 2.34. The van der Waals surface area contributed by atoms with Crippen molar-refractivity contribution in [1.29, 1.82) is 0 Å². The number of rotatable bonds is 3. The van der Waals surface area contributed by atoms with Crippen LogP contribution in [0.15, 0.2) is 0 Å². The predicted molar refractivity (Wildman–Crippen MR) is 37.1 cm³/mol. The summed E-state index contributed by atoms with van der Waals surface area (Å²) in [6.07, 6.45) is 1.87. The molecule has 0 saturated heterocycles. The van der Waals surface area contributed by atoms with Gasteiger partial charge in [0, 0.05) is 12.3 Å². The maximum atomic E-state index is 12.3. The van der Waals surface area contributed by atoms with Gasteiger partial charge in [-0.05, 0) is 12.3 Å². The van der Waals surface area contributed by atoms with E-state index in [4.69, 9.17) is 0 Å². The van der Waals surface area contributed by atoms with E-state index in [9.17, 15) is 8.78 Å². The Morgan fingerprint density at radius 1 is 1.60 bits per heavy atom. The lowest BCUT2D eigenvalue weighted by Gasteiger charge is -2.05. The molecule has 2 atom stereocenters. The third-order valence-corrected chi connectivity index (χ3v) is 2.34. The second-order valence-corrected chi connectivity index (χ2v) is 3.41. The summed E-state index contributed by atoms with van der Waals surface area (Å²) in [6.45, 7) is 4.08. The molecular formula is C8H14F2. The molecule has 0 radical (unpaired) electrons. The Bertz CT molecular complexity index is 120. The molecule has 0 aromatic heterocycles. The van der Waals surface area contributed by atoms with E-state index in [1.54, 1.807) is 0 Å². The maximum absolute atomic E-state index is 12.3. The van der Waals surface area contributed by atoms with E-state index in [-0.39, 0.29) is 12.3 Å². The predicted octanol–water partition coefficient (Wildman–Crippen LogP) is 3.08. The molecular weight excluding hydrogens is 134 g/mol. The van der Waals surface area contributed by atoms with Crippen molar-refractivity contribution in [3.05, 3.63) is 0 Å². The van der Waals surface area contributed by atoms with Crippen LogP contribution in [0, 0.1) is 11.8 Å². The molecule has 0 bridgehead atoms. The average molecular weight is 148 g/mol. The molecule has 0 heterocycles. The second kappa shape index (κ2) is 2.48. The Morgan fingerprint density at radius 3 is 2.40 bits per heavy atom. The summed E-state index contributed by atoms with van der Waals surface area (Å²) in [6, 6.07) is 0. The fourth-order valence-corrected chi connectivity index (χ4v) is 1.18. The van der Waals surface area contributed by atoms with Gasteiger partial charge in [-0.1, -0.05) is 20.3 Å². The summed E-state index contributed by atoms with van der Waals surface area (Å²) < 4.78 is 24.6. The standard InChI is InChI=1S/C8H14F2/c1-3-6(2)4-7-5-8(7,9)10/h6-7H,3-5H2,1-2H3. The third kappa shape index (κ3) is 1.68. The highest BCUT2D eigenvalue weighted by Gasteiger charge is 2.56. The minimum Gasteiger partial charge on any atom is -0.207 e. The maximum Gasteiger partial charge on any atom is 0.251 e. The number of hydrogen-bond acceptors (Lipinski definition) is 0. The van der Waals surface area contributed by atoms with E-state index >= 15 is 0 Å². The first kappa shape index (κ1) is 7.96. The van der Waals surface area contributed by atoms with Crippen molar-refractivity contribution >= 4 is 0 Å². The minimum atomic E-state index is -2.30. The van der Waals surface area contributed by atoms with Crippen molar-refractivity contribution in [1.82, 2.24) is 0 Å². The second-order valence-electron chi connectivity index (χ2n) is 3.41. The van der Waals surface area contributed by atoms with Crippen LogP contribution in [0.4, 0.5) is 8.78 Å². The van der Waals surface area contributed by atoms with Gasteiger partial charge in [0.2, 0.25) is 0 Å². The highest BCUT2D eigenvalue weighted by molar-refractivity contribution is 4.95. The van der Waals surface area contributed by atoms with E-state index in [0.717, 1.165) is 6.42 Å². The highest BCUT2D eigenvalue weighted by Crippen LogP contribution is 2.52. The average Bonchev–Trinajstić information content (AvgIpc) is 2.40. The first-order valence-electron chi connectivity index (χ1n) is 3.94. The summed E-state index contributed by atoms with van der Waals surface area (Å²) in [4.78, 5) is 0. The van der Waals surface area contributed by atoms with Gasteiger partial charge in [0.15, 0.2) is 0 Å². The van der Waals surface area contributed by atoms with Crippen LogP contribution in [0.2, 0.25) is 0 Å².